The molecule has 0 aliphatic heterocycles. The number of hydrogen-bond donors (Lipinski definition) is 1. The van der Waals surface area contributed by atoms with E-state index < -0.39 is 13.0 Å². The maximum absolute atomic E-state index is 12.3. The molecule has 0 fully saturated rings. The number of nitrogens with zero attached hydrogens (tertiary/aromatic N) is 2. The summed E-state index contributed by atoms with van der Waals surface area (Å²) in [6.45, 7) is 2.27. The van der Waals surface area contributed by atoms with E-state index in [2.05, 4.69) is 10.3 Å². The smallest absolute Gasteiger partial charge is 0.255 e. The number of alkyl halides is 2. The molecule has 0 saturated heterocycles. The molecule has 1 aromatic rings. The monoisotopic (exact) mass is 297 g/mol. The van der Waals surface area contributed by atoms with Crippen LogP contribution in [0.3, 0.4) is 0 Å². The molecule has 0 radical (unpaired) electrons. The normalized spacial score (nSPS) is 10.8. The van der Waals surface area contributed by atoms with E-state index in [1.54, 1.807) is 0 Å². The van der Waals surface area contributed by atoms with E-state index in [4.69, 9.17) is 23.2 Å². The number of nitrogens with one attached hydrogen (secondary N) is 1. The Hall–Kier alpha value is -0.810. The van der Waals surface area contributed by atoms with Crippen molar-refractivity contribution in [1.82, 2.24) is 4.98 Å². The summed E-state index contributed by atoms with van der Waals surface area (Å²) in [4.78, 5) is 5.49. The molecular formula is C11H15Cl2F2N3. The van der Waals surface area contributed by atoms with Crippen LogP contribution in [0.4, 0.5) is 20.4 Å². The lowest BCUT2D eigenvalue weighted by atomic mass is 10.4. The van der Waals surface area contributed by atoms with E-state index in [1.165, 1.54) is 18.0 Å². The quantitative estimate of drug-likeness (QED) is 0.863. The first-order valence-electron chi connectivity index (χ1n) is 5.54. The first kappa shape index (κ1) is 15.2. The summed E-state index contributed by atoms with van der Waals surface area (Å²) < 4.78 is 24.7. The summed E-state index contributed by atoms with van der Waals surface area (Å²) in [5.74, 6) is 0.749. The van der Waals surface area contributed by atoms with Gasteiger partial charge in [0.25, 0.3) is 6.43 Å². The summed E-state index contributed by atoms with van der Waals surface area (Å²) in [6.07, 6.45) is -1.54. The van der Waals surface area contributed by atoms with Crippen LogP contribution >= 0.6 is 23.2 Å². The molecule has 0 unspecified atom stereocenters. The van der Waals surface area contributed by atoms with Crippen LogP contribution in [0, 0.1) is 0 Å². The van der Waals surface area contributed by atoms with Crippen LogP contribution < -0.4 is 10.2 Å². The largest absolute Gasteiger partial charge is 0.369 e. The number of pyridine rings is 1. The summed E-state index contributed by atoms with van der Waals surface area (Å²) in [7, 11) is 1.51. The molecule has 3 nitrogen and oxygen atoms in total. The Morgan fingerprint density at radius 1 is 1.39 bits per heavy atom. The van der Waals surface area contributed by atoms with Crippen molar-refractivity contribution >= 4 is 34.8 Å². The van der Waals surface area contributed by atoms with E-state index in [1.807, 2.05) is 6.92 Å². The number of hydrogen-bond acceptors (Lipinski definition) is 3. The molecule has 0 aliphatic carbocycles. The summed E-state index contributed by atoms with van der Waals surface area (Å²) in [6, 6.07) is 1.51. The van der Waals surface area contributed by atoms with E-state index >= 15 is 0 Å². The van der Waals surface area contributed by atoms with Crippen molar-refractivity contribution < 1.29 is 8.78 Å². The minimum atomic E-state index is -2.45. The fourth-order valence-electron chi connectivity index (χ4n) is 1.39. The third kappa shape index (κ3) is 4.14. The van der Waals surface area contributed by atoms with Crippen LogP contribution in [0.1, 0.15) is 13.3 Å². The van der Waals surface area contributed by atoms with Gasteiger partial charge in [0.15, 0.2) is 0 Å². The van der Waals surface area contributed by atoms with Crippen molar-refractivity contribution in [3.05, 3.63) is 16.1 Å². The fourth-order valence-corrected chi connectivity index (χ4v) is 1.96. The number of halogens is 4. The number of rotatable bonds is 6. The van der Waals surface area contributed by atoms with Crippen molar-refractivity contribution in [3.8, 4) is 0 Å². The second-order valence-electron chi connectivity index (χ2n) is 3.82. The lowest BCUT2D eigenvalue weighted by Crippen LogP contribution is -2.25. The molecule has 0 saturated carbocycles. The van der Waals surface area contributed by atoms with Gasteiger partial charge in [-0.2, -0.15) is 0 Å². The highest BCUT2D eigenvalue weighted by Gasteiger charge is 2.15. The molecule has 0 amide bonds. The minimum absolute atomic E-state index is 0.255. The molecule has 102 valence electrons. The highest BCUT2D eigenvalue weighted by Crippen LogP contribution is 2.31. The molecule has 0 aliphatic rings. The van der Waals surface area contributed by atoms with E-state index in [-0.39, 0.29) is 5.02 Å². The van der Waals surface area contributed by atoms with Crippen LogP contribution in [-0.2, 0) is 0 Å². The third-order valence-electron chi connectivity index (χ3n) is 2.23. The molecule has 1 aromatic heterocycles. The van der Waals surface area contributed by atoms with Gasteiger partial charge >= 0.3 is 0 Å². The van der Waals surface area contributed by atoms with Gasteiger partial charge in [-0.05, 0) is 12.5 Å². The zero-order valence-corrected chi connectivity index (χ0v) is 11.7. The van der Waals surface area contributed by atoms with Crippen LogP contribution in [0.25, 0.3) is 0 Å². The minimum Gasteiger partial charge on any atom is -0.369 e. The van der Waals surface area contributed by atoms with Gasteiger partial charge in [-0.1, -0.05) is 30.1 Å². The molecule has 1 N–H and O–H groups in total. The molecule has 18 heavy (non-hydrogen) atoms. The third-order valence-corrected chi connectivity index (χ3v) is 2.79. The predicted octanol–water partition coefficient (Wildman–Crippen LogP) is 3.91. The zero-order valence-electron chi connectivity index (χ0n) is 10.2. The standard InChI is InChI=1S/C11H15Cl2F2N3/c1-3-4-16-10-7(12)5-8(13)11(17-10)18(2)6-9(14)15/h5,9H,3-4,6H2,1-2H3,(H,16,17). The first-order chi connectivity index (χ1) is 8.45. The Bertz CT molecular complexity index is 402. The van der Waals surface area contributed by atoms with Gasteiger partial charge in [0.2, 0.25) is 0 Å². The zero-order chi connectivity index (χ0) is 13.7. The van der Waals surface area contributed by atoms with Crippen molar-refractivity contribution in [2.75, 3.05) is 30.4 Å². The van der Waals surface area contributed by atoms with E-state index in [0.717, 1.165) is 6.42 Å². The molecule has 0 bridgehead atoms. The summed E-state index contributed by atoms with van der Waals surface area (Å²) >= 11 is 11.9. The summed E-state index contributed by atoms with van der Waals surface area (Å²) in [5, 5.41) is 3.65. The van der Waals surface area contributed by atoms with Gasteiger partial charge in [0.05, 0.1) is 16.6 Å². The maximum Gasteiger partial charge on any atom is 0.255 e. The molecule has 1 heterocycles. The average molecular weight is 298 g/mol. The Balaban J connectivity index is 2.96. The van der Waals surface area contributed by atoms with Crippen LogP contribution in [0.5, 0.6) is 0 Å². The van der Waals surface area contributed by atoms with Crippen LogP contribution in [0.15, 0.2) is 6.07 Å². The Morgan fingerprint density at radius 3 is 2.61 bits per heavy atom. The highest BCUT2D eigenvalue weighted by atomic mass is 35.5. The van der Waals surface area contributed by atoms with E-state index in [0.29, 0.717) is 23.2 Å². The molecule has 0 atom stereocenters. The van der Waals surface area contributed by atoms with Gasteiger partial charge in [-0.25, -0.2) is 13.8 Å². The van der Waals surface area contributed by atoms with Gasteiger partial charge in [-0.15, -0.1) is 0 Å². The first-order valence-corrected chi connectivity index (χ1v) is 6.30. The van der Waals surface area contributed by atoms with Crippen LogP contribution in [-0.4, -0.2) is 31.5 Å². The molecule has 1 rings (SSSR count). The molecule has 0 spiro atoms. The topological polar surface area (TPSA) is 28.2 Å². The SMILES string of the molecule is CCCNc1nc(N(C)CC(F)F)c(Cl)cc1Cl. The lowest BCUT2D eigenvalue weighted by Gasteiger charge is -2.20. The molecular weight excluding hydrogens is 283 g/mol. The highest BCUT2D eigenvalue weighted by molar-refractivity contribution is 6.37. The van der Waals surface area contributed by atoms with Crippen molar-refractivity contribution in [1.29, 1.82) is 0 Å². The summed E-state index contributed by atoms with van der Waals surface area (Å²) in [5.41, 5.74) is 0. The Kier molecular flexibility index (Phi) is 5.88. The van der Waals surface area contributed by atoms with Gasteiger partial charge < -0.3 is 10.2 Å². The number of aromatic nitrogens is 1. The van der Waals surface area contributed by atoms with Crippen molar-refractivity contribution in [3.63, 3.8) is 0 Å². The fraction of sp³-hybridized carbons (Fsp3) is 0.545. The number of anilines is 2. The van der Waals surface area contributed by atoms with Crippen molar-refractivity contribution in [2.24, 2.45) is 0 Å². The second-order valence-corrected chi connectivity index (χ2v) is 4.64. The van der Waals surface area contributed by atoms with Gasteiger partial charge in [-0.3, -0.25) is 0 Å². The average Bonchev–Trinajstić information content (AvgIpc) is 2.26. The Morgan fingerprint density at radius 2 is 2.06 bits per heavy atom. The second kappa shape index (κ2) is 6.95. The Labute approximate surface area is 115 Å². The van der Waals surface area contributed by atoms with Crippen molar-refractivity contribution in [2.45, 2.75) is 19.8 Å². The van der Waals surface area contributed by atoms with E-state index in [9.17, 15) is 8.78 Å². The van der Waals surface area contributed by atoms with Gasteiger partial charge in [0.1, 0.15) is 11.6 Å². The molecule has 0 aromatic carbocycles. The lowest BCUT2D eigenvalue weighted by molar-refractivity contribution is 0.156. The molecule has 7 heteroatoms. The van der Waals surface area contributed by atoms with Gasteiger partial charge in [0, 0.05) is 13.6 Å². The van der Waals surface area contributed by atoms with Crippen LogP contribution in [0.2, 0.25) is 10.0 Å². The maximum atomic E-state index is 12.3. The predicted molar refractivity (Wildman–Crippen MR) is 72.3 cm³/mol.